The van der Waals surface area contributed by atoms with Crippen molar-refractivity contribution in [1.29, 1.82) is 0 Å². The van der Waals surface area contributed by atoms with Crippen molar-refractivity contribution in [2.24, 2.45) is 0 Å². The van der Waals surface area contributed by atoms with E-state index in [0.29, 0.717) is 11.8 Å². The first-order chi connectivity index (χ1) is 9.72. The van der Waals surface area contributed by atoms with E-state index < -0.39 is 5.97 Å². The van der Waals surface area contributed by atoms with Crippen molar-refractivity contribution >= 4 is 12.3 Å². The zero-order valence-corrected chi connectivity index (χ0v) is 11.0. The van der Waals surface area contributed by atoms with Crippen LogP contribution in [0.15, 0.2) is 48.5 Å². The average molecular weight is 270 g/mol. The predicted octanol–water partition coefficient (Wildman–Crippen LogP) is 2.66. The van der Waals surface area contributed by atoms with Crippen molar-refractivity contribution in [3.8, 4) is 11.5 Å². The fourth-order valence-corrected chi connectivity index (χ4v) is 1.74. The molecule has 0 bridgehead atoms. The van der Waals surface area contributed by atoms with E-state index >= 15 is 0 Å². The molecule has 0 amide bonds. The number of benzene rings is 2. The number of methoxy groups -OCH3 is 1. The lowest BCUT2D eigenvalue weighted by Gasteiger charge is -2.07. The summed E-state index contributed by atoms with van der Waals surface area (Å²) in [6, 6.07) is 13.8. The van der Waals surface area contributed by atoms with Crippen molar-refractivity contribution < 1.29 is 19.1 Å². The maximum atomic E-state index is 11.8. The highest BCUT2D eigenvalue weighted by Gasteiger charge is 2.09. The third kappa shape index (κ3) is 3.45. The summed E-state index contributed by atoms with van der Waals surface area (Å²) in [5, 5.41) is 0. The maximum Gasteiger partial charge on any atom is 0.315 e. The molecular formula is C16H14O4. The fraction of sp³-hybridized carbons (Fsp3) is 0.125. The molecule has 0 atom stereocenters. The first-order valence-corrected chi connectivity index (χ1v) is 6.10. The molecule has 0 unspecified atom stereocenters. The van der Waals surface area contributed by atoms with Gasteiger partial charge in [-0.2, -0.15) is 0 Å². The Morgan fingerprint density at radius 3 is 2.45 bits per heavy atom. The van der Waals surface area contributed by atoms with E-state index in [1.807, 2.05) is 0 Å². The van der Waals surface area contributed by atoms with Gasteiger partial charge in [-0.1, -0.05) is 24.3 Å². The molecule has 2 aromatic rings. The second-order valence-corrected chi connectivity index (χ2v) is 4.15. The van der Waals surface area contributed by atoms with Crippen LogP contribution in [0.4, 0.5) is 0 Å². The van der Waals surface area contributed by atoms with Crippen molar-refractivity contribution in [2.75, 3.05) is 7.11 Å². The highest BCUT2D eigenvalue weighted by Crippen LogP contribution is 2.17. The lowest BCUT2D eigenvalue weighted by atomic mass is 10.1. The fourth-order valence-electron chi connectivity index (χ4n) is 1.74. The van der Waals surface area contributed by atoms with E-state index in [1.54, 1.807) is 55.6 Å². The van der Waals surface area contributed by atoms with Crippen LogP contribution in [0.25, 0.3) is 0 Å². The van der Waals surface area contributed by atoms with E-state index in [2.05, 4.69) is 0 Å². The normalized spacial score (nSPS) is 9.85. The molecule has 4 nitrogen and oxygen atoms in total. The van der Waals surface area contributed by atoms with Crippen LogP contribution < -0.4 is 9.47 Å². The van der Waals surface area contributed by atoms with Crippen LogP contribution in [0.5, 0.6) is 11.5 Å². The number of aldehydes is 1. The smallest absolute Gasteiger partial charge is 0.315 e. The summed E-state index contributed by atoms with van der Waals surface area (Å²) in [5.74, 6) is 0.596. The predicted molar refractivity (Wildman–Crippen MR) is 74.2 cm³/mol. The molecule has 20 heavy (non-hydrogen) atoms. The van der Waals surface area contributed by atoms with Gasteiger partial charge in [0.25, 0.3) is 0 Å². The molecule has 0 saturated carbocycles. The van der Waals surface area contributed by atoms with Gasteiger partial charge in [-0.15, -0.1) is 0 Å². The topological polar surface area (TPSA) is 52.6 Å². The minimum atomic E-state index is -0.413. The Labute approximate surface area is 116 Å². The molecular weight excluding hydrogens is 256 g/mol. The second-order valence-electron chi connectivity index (χ2n) is 4.15. The van der Waals surface area contributed by atoms with Crippen molar-refractivity contribution in [3.63, 3.8) is 0 Å². The summed E-state index contributed by atoms with van der Waals surface area (Å²) in [6.07, 6.45) is 0.799. The standard InChI is InChI=1S/C16H14O4/c1-19-14-8-6-12(7-9-14)10-16(18)20-15-5-3-2-4-13(15)11-17/h2-9,11H,10H2,1H3. The third-order valence-electron chi connectivity index (χ3n) is 2.78. The van der Waals surface area contributed by atoms with Crippen molar-refractivity contribution in [3.05, 3.63) is 59.7 Å². The van der Waals surface area contributed by atoms with Gasteiger partial charge >= 0.3 is 5.97 Å². The Bertz CT molecular complexity index is 602. The maximum absolute atomic E-state index is 11.8. The molecule has 0 radical (unpaired) electrons. The molecule has 0 fully saturated rings. The molecule has 102 valence electrons. The minimum Gasteiger partial charge on any atom is -0.497 e. The number of carbonyl (C=O) groups is 2. The Hall–Kier alpha value is -2.62. The van der Waals surface area contributed by atoms with Crippen molar-refractivity contribution in [2.45, 2.75) is 6.42 Å². The summed E-state index contributed by atoms with van der Waals surface area (Å²) in [6.45, 7) is 0. The number of hydrogen-bond donors (Lipinski definition) is 0. The SMILES string of the molecule is COc1ccc(CC(=O)Oc2ccccc2C=O)cc1. The van der Waals surface area contributed by atoms with Gasteiger partial charge in [0.2, 0.25) is 0 Å². The number of ether oxygens (including phenoxy) is 2. The van der Waals surface area contributed by atoms with Gasteiger partial charge in [-0.3, -0.25) is 9.59 Å². The number of hydrogen-bond acceptors (Lipinski definition) is 4. The van der Waals surface area contributed by atoms with Crippen LogP contribution in [0.3, 0.4) is 0 Å². The molecule has 2 rings (SSSR count). The lowest BCUT2D eigenvalue weighted by Crippen LogP contribution is -2.12. The summed E-state index contributed by atoms with van der Waals surface area (Å²) in [5.41, 5.74) is 1.18. The van der Waals surface area contributed by atoms with Gasteiger partial charge < -0.3 is 9.47 Å². The molecule has 0 aromatic heterocycles. The van der Waals surface area contributed by atoms with Crippen molar-refractivity contribution in [1.82, 2.24) is 0 Å². The monoisotopic (exact) mass is 270 g/mol. The molecule has 0 N–H and O–H groups in total. The first-order valence-electron chi connectivity index (χ1n) is 6.10. The molecule has 0 aliphatic rings. The molecule has 0 aliphatic carbocycles. The minimum absolute atomic E-state index is 0.136. The van der Waals surface area contributed by atoms with E-state index in [0.717, 1.165) is 11.3 Å². The largest absolute Gasteiger partial charge is 0.497 e. The van der Waals surface area contributed by atoms with Gasteiger partial charge in [-0.25, -0.2) is 0 Å². The molecule has 2 aromatic carbocycles. The Morgan fingerprint density at radius 2 is 1.80 bits per heavy atom. The Morgan fingerprint density at radius 1 is 1.10 bits per heavy atom. The van der Waals surface area contributed by atoms with Gasteiger partial charge in [-0.05, 0) is 29.8 Å². The summed E-state index contributed by atoms with van der Waals surface area (Å²) >= 11 is 0. The zero-order valence-electron chi connectivity index (χ0n) is 11.0. The van der Waals surface area contributed by atoms with Crippen LogP contribution in [-0.2, 0) is 11.2 Å². The molecule has 0 heterocycles. The van der Waals surface area contributed by atoms with E-state index in [1.165, 1.54) is 0 Å². The van der Waals surface area contributed by atoms with Gasteiger partial charge in [0, 0.05) is 0 Å². The summed E-state index contributed by atoms with van der Waals surface area (Å²) in [7, 11) is 1.58. The van der Waals surface area contributed by atoms with Crippen LogP contribution >= 0.6 is 0 Å². The number of rotatable bonds is 5. The van der Waals surface area contributed by atoms with Crippen LogP contribution in [0.1, 0.15) is 15.9 Å². The molecule has 4 heteroatoms. The summed E-state index contributed by atoms with van der Waals surface area (Å²) < 4.78 is 10.2. The van der Waals surface area contributed by atoms with E-state index in [9.17, 15) is 9.59 Å². The first kappa shape index (κ1) is 13.8. The zero-order chi connectivity index (χ0) is 14.4. The average Bonchev–Trinajstić information content (AvgIpc) is 2.48. The number of para-hydroxylation sites is 1. The molecule has 0 spiro atoms. The van der Waals surface area contributed by atoms with E-state index in [4.69, 9.17) is 9.47 Å². The van der Waals surface area contributed by atoms with Gasteiger partial charge in [0.1, 0.15) is 11.5 Å². The van der Waals surface area contributed by atoms with Gasteiger partial charge in [0.05, 0.1) is 19.1 Å². The third-order valence-corrected chi connectivity index (χ3v) is 2.78. The van der Waals surface area contributed by atoms with Crippen LogP contribution in [0, 0.1) is 0 Å². The van der Waals surface area contributed by atoms with Crippen LogP contribution in [0.2, 0.25) is 0 Å². The second kappa shape index (κ2) is 6.52. The Balaban J connectivity index is 2.03. The van der Waals surface area contributed by atoms with E-state index in [-0.39, 0.29) is 12.2 Å². The highest BCUT2D eigenvalue weighted by atomic mass is 16.5. The van der Waals surface area contributed by atoms with Crippen LogP contribution in [-0.4, -0.2) is 19.4 Å². The number of esters is 1. The summed E-state index contributed by atoms with van der Waals surface area (Å²) in [4.78, 5) is 22.7. The highest BCUT2D eigenvalue weighted by molar-refractivity contribution is 5.83. The Kier molecular flexibility index (Phi) is 4.50. The lowest BCUT2D eigenvalue weighted by molar-refractivity contribution is -0.133. The molecule has 0 aliphatic heterocycles. The number of carbonyl (C=O) groups excluding carboxylic acids is 2. The quantitative estimate of drug-likeness (QED) is 0.476. The molecule has 0 saturated heterocycles. The van der Waals surface area contributed by atoms with Gasteiger partial charge in [0.15, 0.2) is 6.29 Å².